The lowest BCUT2D eigenvalue weighted by Gasteiger charge is -1.94. The van der Waals surface area contributed by atoms with Crippen LogP contribution in [0.2, 0.25) is 0 Å². The molecule has 0 spiro atoms. The third-order valence-corrected chi connectivity index (χ3v) is 1.01. The molecule has 0 aliphatic carbocycles. The molecule has 0 amide bonds. The first-order valence-electron chi connectivity index (χ1n) is 2.34. The fourth-order valence-electron chi connectivity index (χ4n) is 0.639. The van der Waals surface area contributed by atoms with Crippen molar-refractivity contribution in [2.24, 2.45) is 0 Å². The Hall–Kier alpha value is -0.0151. The van der Waals surface area contributed by atoms with Crippen molar-refractivity contribution in [1.82, 2.24) is 0 Å². The van der Waals surface area contributed by atoms with Gasteiger partial charge in [0.25, 0.3) is 0 Å². The summed E-state index contributed by atoms with van der Waals surface area (Å²) in [6.07, 6.45) is 0.259. The van der Waals surface area contributed by atoms with Gasteiger partial charge in [-0.25, -0.2) is 0 Å². The fraction of sp³-hybridized carbons (Fsp3) is 1.00. The van der Waals surface area contributed by atoms with Gasteiger partial charge in [0, 0.05) is 6.00 Å². The molecule has 2 unspecified atom stereocenters. The van der Waals surface area contributed by atoms with E-state index in [0.29, 0.717) is 13.0 Å². The summed E-state index contributed by atoms with van der Waals surface area (Å²) in [6.45, 7) is 0.404. The Morgan fingerprint density at radius 1 is 1.71 bits per heavy atom. The molecule has 0 bridgehead atoms. The minimum absolute atomic E-state index is 0.227. The smallest absolute Gasteiger partial charge is 0.109 e. The van der Waals surface area contributed by atoms with Gasteiger partial charge < -0.3 is 9.84 Å². The van der Waals surface area contributed by atoms with E-state index in [9.17, 15) is 0 Å². The van der Waals surface area contributed by atoms with Gasteiger partial charge in [-0.15, -0.1) is 0 Å². The van der Waals surface area contributed by atoms with Gasteiger partial charge in [0.15, 0.2) is 0 Å². The minimum Gasteiger partial charge on any atom is -0.391 e. The lowest BCUT2D eigenvalue weighted by atomic mass is 9.97. The van der Waals surface area contributed by atoms with Crippen molar-refractivity contribution in [1.29, 1.82) is 0 Å². The quantitative estimate of drug-likeness (QED) is 0.404. The fourth-order valence-corrected chi connectivity index (χ4v) is 0.639. The molecule has 2 atom stereocenters. The van der Waals surface area contributed by atoms with Gasteiger partial charge >= 0.3 is 0 Å². The number of aliphatic hydroxyl groups is 1. The molecular formula is C4H7BO2. The van der Waals surface area contributed by atoms with E-state index in [4.69, 9.17) is 17.7 Å². The summed E-state index contributed by atoms with van der Waals surface area (Å²) in [5.41, 5.74) is 0. The maximum atomic E-state index is 8.69. The summed E-state index contributed by atoms with van der Waals surface area (Å²) in [6, 6.07) is -0.227. The van der Waals surface area contributed by atoms with Crippen molar-refractivity contribution >= 4 is 7.85 Å². The third-order valence-electron chi connectivity index (χ3n) is 1.01. The van der Waals surface area contributed by atoms with Crippen molar-refractivity contribution in [3.63, 3.8) is 0 Å². The zero-order valence-corrected chi connectivity index (χ0v) is 4.00. The summed E-state index contributed by atoms with van der Waals surface area (Å²) in [7, 11) is 5.24. The predicted molar refractivity (Wildman–Crippen MR) is 26.1 cm³/mol. The summed E-state index contributed by atoms with van der Waals surface area (Å²) in [5, 5.41) is 8.69. The predicted octanol–water partition coefficient (Wildman–Crippen LogP) is -0.738. The Balaban J connectivity index is 2.26. The normalized spacial score (nSPS) is 41.9. The highest BCUT2D eigenvalue weighted by Crippen LogP contribution is 2.08. The van der Waals surface area contributed by atoms with Gasteiger partial charge in [-0.05, 0) is 6.42 Å². The van der Waals surface area contributed by atoms with E-state index in [1.165, 1.54) is 0 Å². The number of aliphatic hydroxyl groups excluding tert-OH is 1. The van der Waals surface area contributed by atoms with E-state index in [1.807, 2.05) is 0 Å². The van der Waals surface area contributed by atoms with E-state index in [2.05, 4.69) is 0 Å². The molecule has 0 aromatic heterocycles. The third kappa shape index (κ3) is 1.18. The SMILES string of the molecule is [B]C1CC(O)CO1. The Morgan fingerprint density at radius 2 is 2.43 bits per heavy atom. The van der Waals surface area contributed by atoms with Crippen molar-refractivity contribution in [3.8, 4) is 0 Å². The molecule has 1 N–H and O–H groups in total. The van der Waals surface area contributed by atoms with Gasteiger partial charge in [0.05, 0.1) is 12.7 Å². The second kappa shape index (κ2) is 1.84. The Labute approximate surface area is 43.9 Å². The first-order valence-corrected chi connectivity index (χ1v) is 2.34. The number of ether oxygens (including phenoxy) is 1. The molecule has 1 fully saturated rings. The van der Waals surface area contributed by atoms with Crippen LogP contribution in [0.15, 0.2) is 0 Å². The van der Waals surface area contributed by atoms with Gasteiger partial charge in [0.1, 0.15) is 7.85 Å². The molecule has 2 nitrogen and oxygen atoms in total. The molecule has 38 valence electrons. The summed E-state index contributed by atoms with van der Waals surface area (Å²) in [5.74, 6) is 0. The average Bonchev–Trinajstić information content (AvgIpc) is 1.87. The summed E-state index contributed by atoms with van der Waals surface area (Å²) < 4.78 is 4.79. The Morgan fingerprint density at radius 3 is 2.57 bits per heavy atom. The lowest BCUT2D eigenvalue weighted by molar-refractivity contribution is 0.117. The molecule has 1 heterocycles. The van der Waals surface area contributed by atoms with Crippen molar-refractivity contribution in [3.05, 3.63) is 0 Å². The Bertz CT molecular complexity index is 58.7. The largest absolute Gasteiger partial charge is 0.391 e. The van der Waals surface area contributed by atoms with E-state index in [1.54, 1.807) is 0 Å². The highest BCUT2D eigenvalue weighted by Gasteiger charge is 2.17. The average molecular weight is 97.9 g/mol. The zero-order valence-electron chi connectivity index (χ0n) is 4.00. The second-order valence-electron chi connectivity index (χ2n) is 1.76. The molecule has 0 aromatic rings. The van der Waals surface area contributed by atoms with Crippen LogP contribution >= 0.6 is 0 Å². The maximum Gasteiger partial charge on any atom is 0.109 e. The molecule has 1 rings (SSSR count). The number of hydrogen-bond donors (Lipinski definition) is 1. The molecule has 1 aliphatic rings. The number of rotatable bonds is 0. The van der Waals surface area contributed by atoms with Crippen LogP contribution in [-0.2, 0) is 4.74 Å². The van der Waals surface area contributed by atoms with Gasteiger partial charge in [-0.3, -0.25) is 0 Å². The van der Waals surface area contributed by atoms with Crippen LogP contribution in [-0.4, -0.2) is 31.7 Å². The second-order valence-corrected chi connectivity index (χ2v) is 1.76. The first-order chi connectivity index (χ1) is 3.29. The molecule has 1 saturated heterocycles. The molecule has 7 heavy (non-hydrogen) atoms. The van der Waals surface area contributed by atoms with Crippen molar-refractivity contribution in [2.75, 3.05) is 6.61 Å². The van der Waals surface area contributed by atoms with Crippen LogP contribution in [0.1, 0.15) is 6.42 Å². The van der Waals surface area contributed by atoms with E-state index < -0.39 is 0 Å². The summed E-state index contributed by atoms with van der Waals surface area (Å²) in [4.78, 5) is 0. The van der Waals surface area contributed by atoms with Crippen LogP contribution in [0.3, 0.4) is 0 Å². The summed E-state index contributed by atoms with van der Waals surface area (Å²) >= 11 is 0. The molecule has 0 saturated carbocycles. The topological polar surface area (TPSA) is 29.5 Å². The van der Waals surface area contributed by atoms with Crippen molar-refractivity contribution in [2.45, 2.75) is 18.5 Å². The zero-order chi connectivity index (χ0) is 5.28. The van der Waals surface area contributed by atoms with Gasteiger partial charge in [0.2, 0.25) is 0 Å². The molecular weight excluding hydrogens is 90.9 g/mol. The van der Waals surface area contributed by atoms with Gasteiger partial charge in [-0.1, -0.05) is 0 Å². The van der Waals surface area contributed by atoms with E-state index >= 15 is 0 Å². The molecule has 3 heteroatoms. The van der Waals surface area contributed by atoms with Crippen LogP contribution in [0.4, 0.5) is 0 Å². The van der Waals surface area contributed by atoms with Gasteiger partial charge in [-0.2, -0.15) is 0 Å². The van der Waals surface area contributed by atoms with Crippen LogP contribution in [0.25, 0.3) is 0 Å². The lowest BCUT2D eigenvalue weighted by Crippen LogP contribution is -2.05. The molecule has 1 aliphatic heterocycles. The van der Waals surface area contributed by atoms with Crippen LogP contribution in [0.5, 0.6) is 0 Å². The monoisotopic (exact) mass is 98.1 g/mol. The van der Waals surface area contributed by atoms with E-state index in [0.717, 1.165) is 0 Å². The maximum absolute atomic E-state index is 8.69. The van der Waals surface area contributed by atoms with Crippen LogP contribution < -0.4 is 0 Å². The molecule has 0 aromatic carbocycles. The van der Waals surface area contributed by atoms with Crippen LogP contribution in [0, 0.1) is 0 Å². The standard InChI is InChI=1S/C4H7BO2/c5-4-1-3(6)2-7-4/h3-4,6H,1-2H2. The highest BCUT2D eigenvalue weighted by molar-refractivity contribution is 6.11. The van der Waals surface area contributed by atoms with E-state index in [-0.39, 0.29) is 12.1 Å². The Kier molecular flexibility index (Phi) is 1.35. The highest BCUT2D eigenvalue weighted by atomic mass is 16.5. The number of hydrogen-bond acceptors (Lipinski definition) is 2. The van der Waals surface area contributed by atoms with Crippen molar-refractivity contribution < 1.29 is 9.84 Å². The first kappa shape index (κ1) is 5.13. The molecule has 2 radical (unpaired) electrons. The minimum atomic E-state index is -0.324.